The highest BCUT2D eigenvalue weighted by Crippen LogP contribution is 2.23. The Kier molecular flexibility index (Phi) is 4.62. The third-order valence-electron chi connectivity index (χ3n) is 2.13. The van der Waals surface area contributed by atoms with Crippen LogP contribution >= 0.6 is 0 Å². The lowest BCUT2D eigenvalue weighted by Crippen LogP contribution is -2.31. The first-order valence-electron chi connectivity index (χ1n) is 4.91. The predicted octanol–water partition coefficient (Wildman–Crippen LogP) is 3.34. The summed E-state index contributed by atoms with van der Waals surface area (Å²) in [6.07, 6.45) is -7.19. The molecule has 1 unspecified atom stereocenters. The Morgan fingerprint density at radius 3 is 2.33 bits per heavy atom. The minimum Gasteiger partial charge on any atom is -0.290 e. The van der Waals surface area contributed by atoms with Crippen LogP contribution in [0.25, 0.3) is 0 Å². The van der Waals surface area contributed by atoms with Gasteiger partial charge >= 0.3 is 6.18 Å². The molecule has 0 amide bonds. The quantitative estimate of drug-likeness (QED) is 0.846. The Balaban J connectivity index is 2.83. The minimum absolute atomic E-state index is 0.0829. The van der Waals surface area contributed by atoms with Crippen LogP contribution in [-0.4, -0.2) is 12.7 Å². The fraction of sp³-hybridized carbons (Fsp3) is 0.364. The third-order valence-corrected chi connectivity index (χ3v) is 2.13. The molecule has 1 N–H and O–H groups in total. The van der Waals surface area contributed by atoms with E-state index in [1.54, 1.807) is 6.07 Å². The number of hydrogen-bond donors (Lipinski definition) is 1. The van der Waals surface area contributed by atoms with Crippen LogP contribution in [0.4, 0.5) is 22.0 Å². The van der Waals surface area contributed by atoms with Crippen molar-refractivity contribution in [3.8, 4) is 6.07 Å². The first kappa shape index (κ1) is 14.4. The summed E-state index contributed by atoms with van der Waals surface area (Å²) in [5.41, 5.74) is -0.249. The lowest BCUT2D eigenvalue weighted by atomic mass is 10.1. The number of hydrogen-bond acceptors (Lipinski definition) is 2. The van der Waals surface area contributed by atoms with Crippen LogP contribution in [0.15, 0.2) is 24.3 Å². The number of nitrogens with one attached hydrogen (secondary N) is 1. The maximum atomic E-state index is 12.4. The number of alkyl halides is 5. The van der Waals surface area contributed by atoms with Gasteiger partial charge in [-0.3, -0.25) is 5.32 Å². The van der Waals surface area contributed by atoms with Gasteiger partial charge in [-0.25, -0.2) is 8.78 Å². The smallest absolute Gasteiger partial charge is 0.290 e. The van der Waals surface area contributed by atoms with Crippen molar-refractivity contribution in [2.75, 3.05) is 6.54 Å². The monoisotopic (exact) mass is 264 g/mol. The molecular weight excluding hydrogens is 255 g/mol. The molecule has 1 aromatic carbocycles. The van der Waals surface area contributed by atoms with Crippen molar-refractivity contribution in [2.45, 2.75) is 18.6 Å². The van der Waals surface area contributed by atoms with Gasteiger partial charge in [0.15, 0.2) is 0 Å². The molecular formula is C11H9F5N2. The Bertz CT molecular complexity index is 436. The van der Waals surface area contributed by atoms with E-state index in [1.807, 2.05) is 5.32 Å². The molecule has 0 bridgehead atoms. The van der Waals surface area contributed by atoms with Crippen molar-refractivity contribution >= 4 is 0 Å². The average Bonchev–Trinajstić information content (AvgIpc) is 2.28. The molecule has 0 saturated carbocycles. The molecule has 1 atom stereocenters. The van der Waals surface area contributed by atoms with E-state index in [0.29, 0.717) is 0 Å². The Labute approximate surface area is 100 Å². The summed E-state index contributed by atoms with van der Waals surface area (Å²) in [4.78, 5) is 0. The fourth-order valence-electron chi connectivity index (χ4n) is 1.33. The highest BCUT2D eigenvalue weighted by Gasteiger charge is 2.28. The van der Waals surface area contributed by atoms with E-state index in [-0.39, 0.29) is 11.1 Å². The zero-order valence-corrected chi connectivity index (χ0v) is 9.01. The van der Waals surface area contributed by atoms with Crippen molar-refractivity contribution in [3.63, 3.8) is 0 Å². The Morgan fingerprint density at radius 1 is 1.22 bits per heavy atom. The summed E-state index contributed by atoms with van der Waals surface area (Å²) in [6, 6.07) is 5.09. The van der Waals surface area contributed by atoms with E-state index < -0.39 is 25.2 Å². The van der Waals surface area contributed by atoms with Gasteiger partial charge in [-0.1, -0.05) is 18.2 Å². The standard InChI is InChI=1S/C11H9F5N2/c12-10(13)8-3-1-2-7(4-8)9(5-17)18-6-11(14,15)16/h1-4,9-10,18H,6H2. The molecule has 0 heterocycles. The molecule has 0 radical (unpaired) electrons. The molecule has 0 saturated heterocycles. The number of halogens is 5. The van der Waals surface area contributed by atoms with Gasteiger partial charge in [0.05, 0.1) is 12.6 Å². The molecule has 0 fully saturated rings. The van der Waals surface area contributed by atoms with Gasteiger partial charge < -0.3 is 0 Å². The highest BCUT2D eigenvalue weighted by atomic mass is 19.4. The van der Waals surface area contributed by atoms with Gasteiger partial charge in [0.25, 0.3) is 6.43 Å². The molecule has 7 heteroatoms. The Morgan fingerprint density at radius 2 is 1.83 bits per heavy atom. The largest absolute Gasteiger partial charge is 0.401 e. The lowest BCUT2D eigenvalue weighted by Gasteiger charge is -2.14. The maximum absolute atomic E-state index is 12.4. The molecule has 1 rings (SSSR count). The van der Waals surface area contributed by atoms with E-state index in [0.717, 1.165) is 12.1 Å². The van der Waals surface area contributed by atoms with Crippen molar-refractivity contribution in [1.29, 1.82) is 5.26 Å². The molecule has 1 aromatic rings. The second-order valence-corrected chi connectivity index (χ2v) is 3.53. The summed E-state index contributed by atoms with van der Waals surface area (Å²) in [5.74, 6) is 0. The highest BCUT2D eigenvalue weighted by molar-refractivity contribution is 5.29. The zero-order chi connectivity index (χ0) is 13.8. The predicted molar refractivity (Wildman–Crippen MR) is 53.8 cm³/mol. The van der Waals surface area contributed by atoms with Crippen LogP contribution in [0, 0.1) is 11.3 Å². The number of benzene rings is 1. The number of rotatable bonds is 4. The normalized spacial score (nSPS) is 13.4. The van der Waals surface area contributed by atoms with E-state index >= 15 is 0 Å². The van der Waals surface area contributed by atoms with Crippen molar-refractivity contribution < 1.29 is 22.0 Å². The maximum Gasteiger partial charge on any atom is 0.401 e. The van der Waals surface area contributed by atoms with Gasteiger partial charge in [-0.15, -0.1) is 0 Å². The molecule has 18 heavy (non-hydrogen) atoms. The van der Waals surface area contributed by atoms with Crippen LogP contribution < -0.4 is 5.32 Å². The molecule has 0 aliphatic carbocycles. The van der Waals surface area contributed by atoms with Gasteiger partial charge in [0.2, 0.25) is 0 Å². The van der Waals surface area contributed by atoms with Crippen LogP contribution in [0.2, 0.25) is 0 Å². The summed E-state index contributed by atoms with van der Waals surface area (Å²) < 4.78 is 60.8. The van der Waals surface area contributed by atoms with E-state index in [1.165, 1.54) is 12.1 Å². The van der Waals surface area contributed by atoms with Gasteiger partial charge in [-0.2, -0.15) is 18.4 Å². The van der Waals surface area contributed by atoms with Crippen molar-refractivity contribution in [3.05, 3.63) is 35.4 Å². The first-order valence-corrected chi connectivity index (χ1v) is 4.91. The molecule has 0 spiro atoms. The SMILES string of the molecule is N#CC(NCC(F)(F)F)c1cccc(C(F)F)c1. The third kappa shape index (κ3) is 4.30. The summed E-state index contributed by atoms with van der Waals surface area (Å²) in [6.45, 7) is -1.36. The molecule has 98 valence electrons. The van der Waals surface area contributed by atoms with Gasteiger partial charge in [0.1, 0.15) is 6.04 Å². The fourth-order valence-corrected chi connectivity index (χ4v) is 1.33. The minimum atomic E-state index is -4.46. The lowest BCUT2D eigenvalue weighted by molar-refractivity contribution is -0.125. The molecule has 0 aromatic heterocycles. The first-order chi connectivity index (χ1) is 8.33. The second-order valence-electron chi connectivity index (χ2n) is 3.53. The molecule has 2 nitrogen and oxygen atoms in total. The van der Waals surface area contributed by atoms with Crippen LogP contribution in [-0.2, 0) is 0 Å². The topological polar surface area (TPSA) is 35.8 Å². The summed E-state index contributed by atoms with van der Waals surface area (Å²) in [7, 11) is 0. The van der Waals surface area contributed by atoms with E-state index in [4.69, 9.17) is 5.26 Å². The van der Waals surface area contributed by atoms with E-state index in [9.17, 15) is 22.0 Å². The molecule has 0 aliphatic heterocycles. The number of nitriles is 1. The summed E-state index contributed by atoms with van der Waals surface area (Å²) >= 11 is 0. The Hall–Kier alpha value is -1.68. The van der Waals surface area contributed by atoms with Crippen LogP contribution in [0.5, 0.6) is 0 Å². The van der Waals surface area contributed by atoms with Crippen LogP contribution in [0.3, 0.4) is 0 Å². The van der Waals surface area contributed by atoms with Gasteiger partial charge in [-0.05, 0) is 11.6 Å². The zero-order valence-electron chi connectivity index (χ0n) is 9.01. The molecule has 0 aliphatic rings. The van der Waals surface area contributed by atoms with E-state index in [2.05, 4.69) is 0 Å². The summed E-state index contributed by atoms with van der Waals surface area (Å²) in [5, 5.41) is 10.7. The van der Waals surface area contributed by atoms with Crippen molar-refractivity contribution in [1.82, 2.24) is 5.32 Å². The van der Waals surface area contributed by atoms with Gasteiger partial charge in [0, 0.05) is 5.56 Å². The average molecular weight is 264 g/mol. The van der Waals surface area contributed by atoms with Crippen molar-refractivity contribution in [2.24, 2.45) is 0 Å². The number of nitrogens with zero attached hydrogens (tertiary/aromatic N) is 1. The second kappa shape index (κ2) is 5.78. The van der Waals surface area contributed by atoms with Crippen LogP contribution in [0.1, 0.15) is 23.6 Å².